The summed E-state index contributed by atoms with van der Waals surface area (Å²) in [6.45, 7) is 3.97. The Kier molecular flexibility index (Phi) is 6.01. The summed E-state index contributed by atoms with van der Waals surface area (Å²) in [5, 5.41) is 6.04. The second kappa shape index (κ2) is 7.64. The monoisotopic (exact) mass is 365 g/mol. The Morgan fingerprint density at radius 3 is 2.88 bits per heavy atom. The number of hydrogen-bond donors (Lipinski definition) is 2. The Balaban J connectivity index is 0.00000208. The van der Waals surface area contributed by atoms with Gasteiger partial charge in [-0.1, -0.05) is 25.0 Å². The summed E-state index contributed by atoms with van der Waals surface area (Å²) in [4.78, 5) is 17.1. The standard InChI is InChI=1S/C18H23N3OS.ClH/c1-12-11-23-17(20-12)13-6-5-7-14(10-13)21-16(22)15-8-3-4-9-18(15,2)19;/h5-7,10-11,15H,3-4,8-9,19H2,1-2H3,(H,21,22);1H. The van der Waals surface area contributed by atoms with Crippen LogP contribution in [0.4, 0.5) is 5.69 Å². The second-order valence-electron chi connectivity index (χ2n) is 6.67. The number of nitrogens with one attached hydrogen (secondary N) is 1. The van der Waals surface area contributed by atoms with Crippen molar-refractivity contribution in [2.45, 2.75) is 45.1 Å². The van der Waals surface area contributed by atoms with Crippen LogP contribution in [0.1, 0.15) is 38.3 Å². The summed E-state index contributed by atoms with van der Waals surface area (Å²) < 4.78 is 0. The molecule has 0 radical (unpaired) electrons. The number of anilines is 1. The van der Waals surface area contributed by atoms with Crippen LogP contribution in [0.3, 0.4) is 0 Å². The number of thiazole rings is 1. The van der Waals surface area contributed by atoms with Crippen molar-refractivity contribution in [2.24, 2.45) is 11.7 Å². The van der Waals surface area contributed by atoms with E-state index < -0.39 is 5.54 Å². The van der Waals surface area contributed by atoms with Gasteiger partial charge >= 0.3 is 0 Å². The van der Waals surface area contributed by atoms with Gasteiger partial charge in [0.05, 0.1) is 5.92 Å². The molecule has 0 bridgehead atoms. The molecular weight excluding hydrogens is 342 g/mol. The number of carbonyl (C=O) groups excluding carboxylic acids is 1. The van der Waals surface area contributed by atoms with Crippen molar-refractivity contribution in [3.8, 4) is 10.6 Å². The zero-order valence-corrected chi connectivity index (χ0v) is 15.7. The molecule has 2 aromatic rings. The summed E-state index contributed by atoms with van der Waals surface area (Å²) in [5.74, 6) is -0.0933. The van der Waals surface area contributed by atoms with Gasteiger partial charge in [0.15, 0.2) is 0 Å². The summed E-state index contributed by atoms with van der Waals surface area (Å²) in [5.41, 5.74) is 8.77. The third-order valence-corrected chi connectivity index (χ3v) is 5.58. The molecule has 0 spiro atoms. The highest BCUT2D eigenvalue weighted by Gasteiger charge is 2.37. The first kappa shape index (κ1) is 18.9. The number of nitrogens with zero attached hydrogens (tertiary/aromatic N) is 1. The molecule has 1 amide bonds. The molecule has 1 aromatic heterocycles. The van der Waals surface area contributed by atoms with Crippen molar-refractivity contribution >= 4 is 35.3 Å². The number of carbonyl (C=O) groups is 1. The predicted molar refractivity (Wildman–Crippen MR) is 103 cm³/mol. The van der Waals surface area contributed by atoms with E-state index in [0.29, 0.717) is 0 Å². The average molecular weight is 366 g/mol. The van der Waals surface area contributed by atoms with E-state index in [4.69, 9.17) is 5.73 Å². The van der Waals surface area contributed by atoms with Crippen LogP contribution < -0.4 is 11.1 Å². The summed E-state index contributed by atoms with van der Waals surface area (Å²) >= 11 is 1.61. The number of amides is 1. The van der Waals surface area contributed by atoms with Gasteiger partial charge in [-0.2, -0.15) is 0 Å². The Hall–Kier alpha value is -1.43. The van der Waals surface area contributed by atoms with E-state index in [2.05, 4.69) is 10.3 Å². The third kappa shape index (κ3) is 4.15. The van der Waals surface area contributed by atoms with Gasteiger partial charge in [-0.3, -0.25) is 4.79 Å². The first-order chi connectivity index (χ1) is 11.0. The van der Waals surface area contributed by atoms with Gasteiger partial charge in [0.1, 0.15) is 5.01 Å². The van der Waals surface area contributed by atoms with Gasteiger partial charge in [-0.05, 0) is 38.8 Å². The van der Waals surface area contributed by atoms with E-state index in [1.54, 1.807) is 11.3 Å². The van der Waals surface area contributed by atoms with Crippen LogP contribution in [0.15, 0.2) is 29.6 Å². The van der Waals surface area contributed by atoms with Crippen molar-refractivity contribution in [3.63, 3.8) is 0 Å². The lowest BCUT2D eigenvalue weighted by atomic mass is 9.74. The van der Waals surface area contributed by atoms with Crippen molar-refractivity contribution < 1.29 is 4.79 Å². The van der Waals surface area contributed by atoms with Crippen LogP contribution >= 0.6 is 23.7 Å². The lowest BCUT2D eigenvalue weighted by Gasteiger charge is -2.37. The fourth-order valence-corrected chi connectivity index (χ4v) is 4.03. The van der Waals surface area contributed by atoms with E-state index >= 15 is 0 Å². The molecule has 2 unspecified atom stereocenters. The molecule has 0 aliphatic heterocycles. The second-order valence-corrected chi connectivity index (χ2v) is 7.53. The molecule has 3 N–H and O–H groups in total. The van der Waals surface area contributed by atoms with Gasteiger partial charge in [0.25, 0.3) is 0 Å². The number of nitrogens with two attached hydrogens (primary N) is 1. The molecule has 0 saturated heterocycles. The first-order valence-corrected chi connectivity index (χ1v) is 8.96. The normalized spacial score (nSPS) is 23.4. The molecule has 1 aliphatic rings. The van der Waals surface area contributed by atoms with Crippen molar-refractivity contribution in [3.05, 3.63) is 35.3 Å². The van der Waals surface area contributed by atoms with E-state index in [1.165, 1.54) is 0 Å². The van der Waals surface area contributed by atoms with Gasteiger partial charge in [0, 0.05) is 27.9 Å². The smallest absolute Gasteiger partial charge is 0.229 e. The van der Waals surface area contributed by atoms with Gasteiger partial charge in [-0.25, -0.2) is 4.98 Å². The van der Waals surface area contributed by atoms with E-state index in [-0.39, 0.29) is 24.2 Å². The molecule has 1 fully saturated rings. The van der Waals surface area contributed by atoms with Crippen molar-refractivity contribution in [1.82, 2.24) is 4.98 Å². The van der Waals surface area contributed by atoms with Crippen molar-refractivity contribution in [2.75, 3.05) is 5.32 Å². The molecule has 24 heavy (non-hydrogen) atoms. The molecule has 1 aliphatic carbocycles. The maximum atomic E-state index is 12.6. The number of halogens is 1. The summed E-state index contributed by atoms with van der Waals surface area (Å²) in [7, 11) is 0. The van der Waals surface area contributed by atoms with Gasteiger partial charge < -0.3 is 11.1 Å². The lowest BCUT2D eigenvalue weighted by molar-refractivity contribution is -0.122. The van der Waals surface area contributed by atoms with E-state index in [1.807, 2.05) is 43.5 Å². The molecule has 1 saturated carbocycles. The molecule has 130 valence electrons. The number of aryl methyl sites for hydroxylation is 1. The van der Waals surface area contributed by atoms with Crippen LogP contribution in [0, 0.1) is 12.8 Å². The molecular formula is C18H24ClN3OS. The average Bonchev–Trinajstić information content (AvgIpc) is 2.93. The number of benzene rings is 1. The SMILES string of the molecule is Cc1csc(-c2cccc(NC(=O)C3CCCCC3(C)N)c2)n1.Cl. The minimum atomic E-state index is -0.410. The Bertz CT molecular complexity index is 714. The van der Waals surface area contributed by atoms with Gasteiger partial charge in [0.2, 0.25) is 5.91 Å². The highest BCUT2D eigenvalue weighted by atomic mass is 35.5. The molecule has 3 rings (SSSR count). The van der Waals surface area contributed by atoms with Crippen LogP contribution in [-0.2, 0) is 4.79 Å². The Morgan fingerprint density at radius 2 is 2.21 bits per heavy atom. The van der Waals surface area contributed by atoms with E-state index in [0.717, 1.165) is 47.6 Å². The molecule has 6 heteroatoms. The molecule has 2 atom stereocenters. The quantitative estimate of drug-likeness (QED) is 0.847. The van der Waals surface area contributed by atoms with Crippen molar-refractivity contribution in [1.29, 1.82) is 0 Å². The zero-order valence-electron chi connectivity index (χ0n) is 14.0. The Morgan fingerprint density at radius 1 is 1.42 bits per heavy atom. The molecule has 4 nitrogen and oxygen atoms in total. The Labute approximate surface area is 153 Å². The summed E-state index contributed by atoms with van der Waals surface area (Å²) in [6, 6.07) is 7.86. The lowest BCUT2D eigenvalue weighted by Crippen LogP contribution is -2.51. The predicted octanol–water partition coefficient (Wildman–Crippen LogP) is 4.39. The molecule has 1 aromatic carbocycles. The topological polar surface area (TPSA) is 68.0 Å². The van der Waals surface area contributed by atoms with Crippen LogP contribution in [-0.4, -0.2) is 16.4 Å². The number of aromatic nitrogens is 1. The number of rotatable bonds is 3. The van der Waals surface area contributed by atoms with Crippen LogP contribution in [0.25, 0.3) is 10.6 Å². The first-order valence-electron chi connectivity index (χ1n) is 8.08. The maximum Gasteiger partial charge on any atom is 0.229 e. The van der Waals surface area contributed by atoms with Crippen LogP contribution in [0.2, 0.25) is 0 Å². The molecule has 1 heterocycles. The van der Waals surface area contributed by atoms with Crippen LogP contribution in [0.5, 0.6) is 0 Å². The maximum absolute atomic E-state index is 12.6. The minimum Gasteiger partial charge on any atom is -0.326 e. The fourth-order valence-electron chi connectivity index (χ4n) is 3.23. The largest absolute Gasteiger partial charge is 0.326 e. The highest BCUT2D eigenvalue weighted by Crippen LogP contribution is 2.33. The highest BCUT2D eigenvalue weighted by molar-refractivity contribution is 7.13. The summed E-state index contributed by atoms with van der Waals surface area (Å²) in [6.07, 6.45) is 3.95. The van der Waals surface area contributed by atoms with Gasteiger partial charge in [-0.15, -0.1) is 23.7 Å². The number of hydrogen-bond acceptors (Lipinski definition) is 4. The third-order valence-electron chi connectivity index (χ3n) is 4.57. The van der Waals surface area contributed by atoms with E-state index in [9.17, 15) is 4.79 Å². The fraction of sp³-hybridized carbons (Fsp3) is 0.444. The zero-order chi connectivity index (χ0) is 16.4. The minimum absolute atomic E-state index is 0.